The first-order chi connectivity index (χ1) is 13.2. The van der Waals surface area contributed by atoms with Gasteiger partial charge in [0.2, 0.25) is 0 Å². The highest BCUT2D eigenvalue weighted by atomic mass is 28.4. The van der Waals surface area contributed by atoms with Crippen molar-refractivity contribution in [2.45, 2.75) is 130 Å². The molecule has 0 radical (unpaired) electrons. The Kier molecular flexibility index (Phi) is 19.6. The van der Waals surface area contributed by atoms with Crippen molar-refractivity contribution in [2.75, 3.05) is 26.2 Å². The summed E-state index contributed by atoms with van der Waals surface area (Å²) in [4.78, 5) is 2.52. The Hall–Kier alpha value is 0.137. The van der Waals surface area contributed by atoms with Crippen LogP contribution in [-0.2, 0) is 4.43 Å². The van der Waals surface area contributed by atoms with Gasteiger partial charge in [-0.05, 0) is 31.2 Å². The predicted octanol–water partition coefficient (Wildman–Crippen LogP) is 8.03. The van der Waals surface area contributed by atoms with Gasteiger partial charge in [-0.2, -0.15) is 0 Å². The van der Waals surface area contributed by atoms with E-state index in [4.69, 9.17) is 4.43 Å². The molecule has 164 valence electrons. The van der Waals surface area contributed by atoms with Gasteiger partial charge in [0.05, 0.1) is 0 Å². The van der Waals surface area contributed by atoms with E-state index < -0.39 is 8.32 Å². The summed E-state index contributed by atoms with van der Waals surface area (Å²) in [6.45, 7) is 15.9. The van der Waals surface area contributed by atoms with Crippen molar-refractivity contribution in [3.63, 3.8) is 0 Å². The van der Waals surface area contributed by atoms with E-state index in [1.54, 1.807) is 0 Å². The predicted molar refractivity (Wildman–Crippen MR) is 126 cm³/mol. The van der Waals surface area contributed by atoms with Gasteiger partial charge in [0, 0.05) is 13.2 Å². The second-order valence-corrected chi connectivity index (χ2v) is 12.6. The van der Waals surface area contributed by atoms with E-state index in [0.717, 1.165) is 26.2 Å². The molecule has 0 atom stereocenters. The van der Waals surface area contributed by atoms with E-state index >= 15 is 0 Å². The first kappa shape index (κ1) is 27.1. The number of nitrogens with zero attached hydrogens (tertiary/aromatic N) is 1. The fraction of sp³-hybridized carbons (Fsp3) is 1.00. The molecular weight excluding hydrogens is 346 g/mol. The first-order valence-electron chi connectivity index (χ1n) is 12.5. The van der Waals surface area contributed by atoms with E-state index in [1.807, 2.05) is 0 Å². The van der Waals surface area contributed by atoms with E-state index in [0.29, 0.717) is 0 Å². The van der Waals surface area contributed by atoms with Gasteiger partial charge in [0.1, 0.15) is 0 Å². The van der Waals surface area contributed by atoms with E-state index in [1.165, 1.54) is 95.2 Å². The van der Waals surface area contributed by atoms with Crippen molar-refractivity contribution in [3.05, 3.63) is 0 Å². The molecule has 0 saturated heterocycles. The Morgan fingerprint density at radius 2 is 0.963 bits per heavy atom. The average molecular weight is 400 g/mol. The zero-order valence-electron chi connectivity index (χ0n) is 19.8. The van der Waals surface area contributed by atoms with Gasteiger partial charge in [-0.1, -0.05) is 112 Å². The Morgan fingerprint density at radius 1 is 0.556 bits per heavy atom. The molecule has 0 N–H and O–H groups in total. The number of hydrogen-bond acceptors (Lipinski definition) is 2. The summed E-state index contributed by atoms with van der Waals surface area (Å²) in [6, 6.07) is 4.26. The monoisotopic (exact) mass is 399 g/mol. The maximum atomic E-state index is 6.90. The second kappa shape index (κ2) is 19.5. The van der Waals surface area contributed by atoms with Crippen LogP contribution in [0.25, 0.3) is 0 Å². The Labute approximate surface area is 174 Å². The highest BCUT2D eigenvalue weighted by Gasteiger charge is 2.33. The third-order valence-corrected chi connectivity index (χ3v) is 10.8. The van der Waals surface area contributed by atoms with Crippen molar-refractivity contribution >= 4 is 8.32 Å². The van der Waals surface area contributed by atoms with Crippen molar-refractivity contribution in [2.24, 2.45) is 0 Å². The van der Waals surface area contributed by atoms with Gasteiger partial charge in [0.15, 0.2) is 8.32 Å². The molecule has 0 aromatic carbocycles. The zero-order chi connectivity index (χ0) is 20.2. The van der Waals surface area contributed by atoms with Crippen LogP contribution in [0.15, 0.2) is 0 Å². The number of likely N-dealkylation sites (N-methyl/N-ethyl adjacent to an activating group) is 1. The van der Waals surface area contributed by atoms with Crippen LogP contribution in [0.2, 0.25) is 18.1 Å². The van der Waals surface area contributed by atoms with Crippen molar-refractivity contribution in [1.82, 2.24) is 4.90 Å². The normalized spacial score (nSPS) is 12.2. The molecule has 0 heterocycles. The summed E-state index contributed by atoms with van der Waals surface area (Å²) in [5.41, 5.74) is 0. The molecule has 0 unspecified atom stereocenters. The van der Waals surface area contributed by atoms with Crippen LogP contribution in [0.5, 0.6) is 0 Å². The summed E-state index contributed by atoms with van der Waals surface area (Å²) < 4.78 is 6.90. The summed E-state index contributed by atoms with van der Waals surface area (Å²) in [7, 11) is -1.56. The number of hydrogen-bond donors (Lipinski definition) is 0. The third kappa shape index (κ3) is 14.7. The molecule has 0 bridgehead atoms. The quantitative estimate of drug-likeness (QED) is 0.143. The maximum absolute atomic E-state index is 6.90. The molecule has 0 amide bonds. The van der Waals surface area contributed by atoms with Crippen LogP contribution in [0.3, 0.4) is 0 Å². The van der Waals surface area contributed by atoms with E-state index in [2.05, 4.69) is 39.5 Å². The Bertz CT molecular complexity index is 263. The standard InChI is InChI=1S/C24H53NOSi/c1-6-11-14-17-22-27(23-18-15-12-7-2,24-19-16-13-8-3)26-21-20-25(9-4)10-5/h6-24H2,1-5H3. The summed E-state index contributed by atoms with van der Waals surface area (Å²) in [5.74, 6) is 0. The van der Waals surface area contributed by atoms with Crippen LogP contribution in [0, 0.1) is 0 Å². The Balaban J connectivity index is 4.80. The lowest BCUT2D eigenvalue weighted by molar-refractivity contribution is 0.211. The lowest BCUT2D eigenvalue weighted by atomic mass is 10.2. The molecule has 0 aliphatic carbocycles. The molecule has 27 heavy (non-hydrogen) atoms. The molecule has 0 saturated carbocycles. The molecule has 3 heteroatoms. The molecule has 0 spiro atoms. The second-order valence-electron chi connectivity index (χ2n) is 8.49. The van der Waals surface area contributed by atoms with Crippen molar-refractivity contribution in [3.8, 4) is 0 Å². The molecule has 0 aromatic rings. The summed E-state index contributed by atoms with van der Waals surface area (Å²) in [6.07, 6.45) is 16.7. The van der Waals surface area contributed by atoms with Crippen LogP contribution < -0.4 is 0 Å². The fourth-order valence-electron chi connectivity index (χ4n) is 4.14. The van der Waals surface area contributed by atoms with Gasteiger partial charge >= 0.3 is 0 Å². The minimum atomic E-state index is -1.56. The Morgan fingerprint density at radius 3 is 1.30 bits per heavy atom. The smallest absolute Gasteiger partial charge is 0.192 e. The molecule has 0 aliphatic rings. The zero-order valence-corrected chi connectivity index (χ0v) is 20.8. The highest BCUT2D eigenvalue weighted by molar-refractivity contribution is 6.73. The van der Waals surface area contributed by atoms with Crippen molar-refractivity contribution in [1.29, 1.82) is 0 Å². The van der Waals surface area contributed by atoms with Gasteiger partial charge in [0.25, 0.3) is 0 Å². The largest absolute Gasteiger partial charge is 0.416 e. The third-order valence-electron chi connectivity index (χ3n) is 6.17. The molecule has 0 aliphatic heterocycles. The van der Waals surface area contributed by atoms with Gasteiger partial charge in [-0.3, -0.25) is 0 Å². The van der Waals surface area contributed by atoms with Crippen molar-refractivity contribution < 1.29 is 4.43 Å². The van der Waals surface area contributed by atoms with E-state index in [9.17, 15) is 0 Å². The lowest BCUT2D eigenvalue weighted by Gasteiger charge is -2.33. The molecular formula is C24H53NOSi. The van der Waals surface area contributed by atoms with Crippen LogP contribution in [0.4, 0.5) is 0 Å². The molecule has 0 fully saturated rings. The average Bonchev–Trinajstić information content (AvgIpc) is 2.69. The van der Waals surface area contributed by atoms with Crippen LogP contribution in [-0.4, -0.2) is 39.5 Å². The van der Waals surface area contributed by atoms with E-state index in [-0.39, 0.29) is 0 Å². The highest BCUT2D eigenvalue weighted by Crippen LogP contribution is 2.31. The van der Waals surface area contributed by atoms with Gasteiger partial charge in [-0.25, -0.2) is 0 Å². The fourth-order valence-corrected chi connectivity index (χ4v) is 8.53. The molecule has 0 rings (SSSR count). The summed E-state index contributed by atoms with van der Waals surface area (Å²) in [5, 5.41) is 0. The van der Waals surface area contributed by atoms with Gasteiger partial charge < -0.3 is 9.33 Å². The first-order valence-corrected chi connectivity index (χ1v) is 15.1. The topological polar surface area (TPSA) is 12.5 Å². The lowest BCUT2D eigenvalue weighted by Crippen LogP contribution is -2.41. The molecule has 2 nitrogen and oxygen atoms in total. The minimum Gasteiger partial charge on any atom is -0.416 e. The van der Waals surface area contributed by atoms with Crippen LogP contribution in [0.1, 0.15) is 112 Å². The molecule has 0 aromatic heterocycles. The number of rotatable bonds is 21. The minimum absolute atomic E-state index is 0.975. The SMILES string of the molecule is CCCCCC[Si](CCCCCC)(CCCCCC)OCCN(CC)CC. The number of unbranched alkanes of at least 4 members (excludes halogenated alkanes) is 9. The maximum Gasteiger partial charge on any atom is 0.192 e. The van der Waals surface area contributed by atoms with Gasteiger partial charge in [-0.15, -0.1) is 0 Å². The summed E-state index contributed by atoms with van der Waals surface area (Å²) >= 11 is 0. The van der Waals surface area contributed by atoms with Crippen LogP contribution >= 0.6 is 0 Å².